The molecule has 220 valence electrons. The van der Waals surface area contributed by atoms with Gasteiger partial charge in [-0.1, -0.05) is 68.3 Å². The predicted molar refractivity (Wildman–Crippen MR) is 156 cm³/mol. The zero-order valence-electron chi connectivity index (χ0n) is 23.2. The molecule has 0 unspecified atom stereocenters. The van der Waals surface area contributed by atoms with Crippen molar-refractivity contribution < 1.29 is 37.7 Å². The smallest absolute Gasteiger partial charge is 0.407 e. The van der Waals surface area contributed by atoms with Crippen molar-refractivity contribution in [2.75, 3.05) is 32.6 Å². The summed E-state index contributed by atoms with van der Waals surface area (Å²) in [6, 6.07) is 20.9. The van der Waals surface area contributed by atoms with Crippen LogP contribution < -0.4 is 14.2 Å². The number of aliphatic hydroxyl groups excluding tert-OH is 1. The number of nitrogens with zero attached hydrogens (tertiary/aromatic N) is 1. The number of unbranched alkanes of at least 4 members (excludes halogenated alkanes) is 2. The zero-order chi connectivity index (χ0) is 29.8. The fraction of sp³-hybridized carbons (Fsp3) is 0.333. The molecule has 3 aromatic rings. The van der Waals surface area contributed by atoms with E-state index in [9.17, 15) is 28.2 Å². The topological polar surface area (TPSA) is 142 Å². The number of carboxylic acid groups (broad SMARTS) is 1. The van der Waals surface area contributed by atoms with E-state index < -0.39 is 28.1 Å². The molecule has 0 saturated carbocycles. The summed E-state index contributed by atoms with van der Waals surface area (Å²) in [6.07, 6.45) is 1.58. The summed E-state index contributed by atoms with van der Waals surface area (Å²) < 4.78 is 36.7. The first kappa shape index (κ1) is 31.4. The Morgan fingerprint density at radius 2 is 1.61 bits per heavy atom. The molecular formula is C30H36N2O8S. The van der Waals surface area contributed by atoms with E-state index in [0.29, 0.717) is 17.9 Å². The van der Waals surface area contributed by atoms with Gasteiger partial charge in [0.15, 0.2) is 0 Å². The first-order valence-corrected chi connectivity index (χ1v) is 15.2. The second-order valence-electron chi connectivity index (χ2n) is 9.50. The third-order valence-electron chi connectivity index (χ3n) is 6.18. The van der Waals surface area contributed by atoms with Crippen LogP contribution in [0.25, 0.3) is 11.1 Å². The molecule has 0 saturated heterocycles. The van der Waals surface area contributed by atoms with E-state index in [0.717, 1.165) is 41.5 Å². The average molecular weight is 585 g/mol. The number of amides is 2. The Labute approximate surface area is 240 Å². The Bertz CT molecular complexity index is 1400. The van der Waals surface area contributed by atoms with Gasteiger partial charge in [-0.15, -0.1) is 0 Å². The van der Waals surface area contributed by atoms with Crippen LogP contribution >= 0.6 is 0 Å². The van der Waals surface area contributed by atoms with Crippen molar-refractivity contribution in [3.8, 4) is 22.6 Å². The van der Waals surface area contributed by atoms with Gasteiger partial charge in [0.25, 0.3) is 5.91 Å². The third-order valence-corrected chi connectivity index (χ3v) is 6.73. The van der Waals surface area contributed by atoms with E-state index in [1.54, 1.807) is 48.5 Å². The number of benzene rings is 3. The van der Waals surface area contributed by atoms with Gasteiger partial charge in [-0.05, 0) is 47.4 Å². The van der Waals surface area contributed by atoms with Crippen LogP contribution in [0.15, 0.2) is 72.8 Å². The van der Waals surface area contributed by atoms with E-state index in [4.69, 9.17) is 9.47 Å². The number of hydrogen-bond donors (Lipinski definition) is 3. The molecule has 41 heavy (non-hydrogen) atoms. The Balaban J connectivity index is 1.65. The molecule has 0 aromatic heterocycles. The van der Waals surface area contributed by atoms with Gasteiger partial charge in [0.05, 0.1) is 37.6 Å². The molecule has 0 spiro atoms. The monoisotopic (exact) mass is 584 g/mol. The van der Waals surface area contributed by atoms with Crippen molar-refractivity contribution in [2.45, 2.75) is 32.3 Å². The van der Waals surface area contributed by atoms with Crippen molar-refractivity contribution in [3.05, 3.63) is 83.9 Å². The van der Waals surface area contributed by atoms with Crippen LogP contribution in [0.4, 0.5) is 4.79 Å². The number of hydrogen-bond acceptors (Lipinski definition) is 7. The van der Waals surface area contributed by atoms with Crippen LogP contribution in [0.3, 0.4) is 0 Å². The second-order valence-corrected chi connectivity index (χ2v) is 11.2. The summed E-state index contributed by atoms with van der Waals surface area (Å²) in [7, 11) is -3.74. The third kappa shape index (κ3) is 10.1. The van der Waals surface area contributed by atoms with Gasteiger partial charge in [0.1, 0.15) is 18.1 Å². The summed E-state index contributed by atoms with van der Waals surface area (Å²) >= 11 is 0. The van der Waals surface area contributed by atoms with Gasteiger partial charge in [-0.25, -0.2) is 17.9 Å². The lowest BCUT2D eigenvalue weighted by atomic mass is 10.0. The number of ether oxygens (including phenoxy) is 2. The maximum absolute atomic E-state index is 12.5. The van der Waals surface area contributed by atoms with Crippen LogP contribution in [-0.2, 0) is 10.0 Å². The molecule has 10 nitrogen and oxygen atoms in total. The van der Waals surface area contributed by atoms with Crippen molar-refractivity contribution in [1.82, 2.24) is 9.62 Å². The molecule has 1 atom stereocenters. The van der Waals surface area contributed by atoms with E-state index in [2.05, 4.69) is 6.92 Å². The molecule has 0 aliphatic rings. The molecule has 2 amide bonds. The maximum Gasteiger partial charge on any atom is 0.407 e. The first-order valence-electron chi connectivity index (χ1n) is 13.3. The summed E-state index contributed by atoms with van der Waals surface area (Å²) in [5.41, 5.74) is 2.32. The van der Waals surface area contributed by atoms with E-state index in [-0.39, 0.29) is 31.0 Å². The lowest BCUT2D eigenvalue weighted by molar-refractivity contribution is 0.0894. The summed E-state index contributed by atoms with van der Waals surface area (Å²) in [5.74, 6) is 0.0504. The van der Waals surface area contributed by atoms with Gasteiger partial charge in [0, 0.05) is 0 Å². The molecular weight excluding hydrogens is 548 g/mol. The fourth-order valence-corrected chi connectivity index (χ4v) is 4.48. The van der Waals surface area contributed by atoms with Gasteiger partial charge in [-0.2, -0.15) is 0 Å². The highest BCUT2D eigenvalue weighted by Gasteiger charge is 2.19. The second kappa shape index (κ2) is 15.1. The van der Waals surface area contributed by atoms with Crippen molar-refractivity contribution in [2.24, 2.45) is 0 Å². The molecule has 0 heterocycles. The van der Waals surface area contributed by atoms with E-state index in [1.165, 1.54) is 6.07 Å². The van der Waals surface area contributed by atoms with Crippen LogP contribution in [0.1, 0.15) is 48.2 Å². The van der Waals surface area contributed by atoms with Gasteiger partial charge in [0.2, 0.25) is 10.0 Å². The summed E-state index contributed by atoms with van der Waals surface area (Å²) in [5, 5.41) is 19.9. The average Bonchev–Trinajstić information content (AvgIpc) is 2.94. The molecule has 11 heteroatoms. The fourth-order valence-electron chi connectivity index (χ4n) is 4.04. The van der Waals surface area contributed by atoms with Crippen LogP contribution in [0.5, 0.6) is 11.5 Å². The van der Waals surface area contributed by atoms with Crippen molar-refractivity contribution >= 4 is 22.0 Å². The number of nitrogens with one attached hydrogen (secondary N) is 1. The van der Waals surface area contributed by atoms with Gasteiger partial charge < -0.3 is 24.6 Å². The van der Waals surface area contributed by atoms with E-state index >= 15 is 0 Å². The van der Waals surface area contributed by atoms with Crippen LogP contribution in [0.2, 0.25) is 0 Å². The lowest BCUT2D eigenvalue weighted by Crippen LogP contribution is -2.36. The van der Waals surface area contributed by atoms with E-state index in [1.807, 2.05) is 22.9 Å². The number of rotatable bonds is 15. The Morgan fingerprint density at radius 3 is 2.24 bits per heavy atom. The van der Waals surface area contributed by atoms with Crippen molar-refractivity contribution in [1.29, 1.82) is 0 Å². The molecule has 3 rings (SSSR count). The highest BCUT2D eigenvalue weighted by molar-refractivity contribution is 7.89. The molecule has 0 bridgehead atoms. The number of sulfonamides is 1. The molecule has 3 aromatic carbocycles. The Kier molecular flexibility index (Phi) is 11.5. The SMILES string of the molecule is CCCCCOc1cc(-c2ccc(OCCN(C[C@H](O)c3ccccc3)C(=O)O)cc2)ccc1C(=O)NS(C)(=O)=O. The molecule has 0 aliphatic heterocycles. The molecule has 0 aliphatic carbocycles. The number of carbonyl (C=O) groups is 2. The highest BCUT2D eigenvalue weighted by atomic mass is 32.2. The summed E-state index contributed by atoms with van der Waals surface area (Å²) in [4.78, 5) is 25.3. The molecule has 3 N–H and O–H groups in total. The molecule has 0 fully saturated rings. The molecule has 0 radical (unpaired) electrons. The quantitative estimate of drug-likeness (QED) is 0.218. The predicted octanol–water partition coefficient (Wildman–Crippen LogP) is 4.70. The Hall–Kier alpha value is -4.09. The minimum absolute atomic E-state index is 0.0662. The Morgan fingerprint density at radius 1 is 0.927 bits per heavy atom. The minimum Gasteiger partial charge on any atom is -0.493 e. The standard InChI is InChI=1S/C30H36N2O8S/c1-3-4-8-18-40-28-20-24(13-16-26(28)29(34)31-41(2,37)38)22-11-14-25(15-12-22)39-19-17-32(30(35)36)21-27(33)23-9-6-5-7-10-23/h5-7,9-16,20,27,33H,3-4,8,17-19,21H2,1-2H3,(H,31,34)(H,35,36)/t27-/m0/s1. The lowest BCUT2D eigenvalue weighted by Gasteiger charge is -2.22. The normalized spacial score (nSPS) is 11.9. The van der Waals surface area contributed by atoms with Crippen molar-refractivity contribution in [3.63, 3.8) is 0 Å². The summed E-state index contributed by atoms with van der Waals surface area (Å²) in [6.45, 7) is 2.53. The van der Waals surface area contributed by atoms with Gasteiger partial charge in [-0.3, -0.25) is 4.79 Å². The highest BCUT2D eigenvalue weighted by Crippen LogP contribution is 2.29. The van der Waals surface area contributed by atoms with Crippen LogP contribution in [0, 0.1) is 0 Å². The maximum atomic E-state index is 12.5. The first-order chi connectivity index (χ1) is 19.6. The van der Waals surface area contributed by atoms with Gasteiger partial charge >= 0.3 is 6.09 Å². The number of carbonyl (C=O) groups excluding carboxylic acids is 1. The van der Waals surface area contributed by atoms with Crippen LogP contribution in [-0.4, -0.2) is 68.1 Å². The number of aliphatic hydroxyl groups is 1. The minimum atomic E-state index is -3.74. The largest absolute Gasteiger partial charge is 0.493 e. The zero-order valence-corrected chi connectivity index (χ0v) is 24.0.